The van der Waals surface area contributed by atoms with Crippen molar-refractivity contribution in [3.63, 3.8) is 0 Å². The summed E-state index contributed by atoms with van der Waals surface area (Å²) in [4.78, 5) is 6.64. The summed E-state index contributed by atoms with van der Waals surface area (Å²) in [6, 6.07) is 2.47. The van der Waals surface area contributed by atoms with E-state index in [1.54, 1.807) is 6.20 Å². The first-order chi connectivity index (χ1) is 7.15. The average Bonchev–Trinajstić information content (AvgIpc) is 2.56. The van der Waals surface area contributed by atoms with Gasteiger partial charge in [0.05, 0.1) is 11.9 Å². The molecule has 2 heterocycles. The normalized spacial score (nSPS) is 21.9. The van der Waals surface area contributed by atoms with Crippen LogP contribution in [0.25, 0.3) is 0 Å². The predicted molar refractivity (Wildman–Crippen MR) is 62.9 cm³/mol. The van der Waals surface area contributed by atoms with Gasteiger partial charge >= 0.3 is 0 Å². The lowest BCUT2D eigenvalue weighted by molar-refractivity contribution is 0.414. The van der Waals surface area contributed by atoms with Crippen LogP contribution in [-0.4, -0.2) is 36.1 Å². The Kier molecular flexibility index (Phi) is 2.77. The number of hydrogen-bond donors (Lipinski definition) is 2. The van der Waals surface area contributed by atoms with Gasteiger partial charge in [-0.05, 0) is 38.6 Å². The quantitative estimate of drug-likeness (QED) is 0.760. The minimum absolute atomic E-state index is 0.518. The molecule has 4 nitrogen and oxygen atoms in total. The third-order valence-electron chi connectivity index (χ3n) is 2.83. The molecule has 1 saturated heterocycles. The van der Waals surface area contributed by atoms with Crippen molar-refractivity contribution in [2.45, 2.75) is 19.4 Å². The lowest BCUT2D eigenvalue weighted by Crippen LogP contribution is -2.24. The monoisotopic (exact) mass is 206 g/mol. The fourth-order valence-electron chi connectivity index (χ4n) is 1.99. The summed E-state index contributed by atoms with van der Waals surface area (Å²) in [5.41, 5.74) is 7.50. The number of aromatic nitrogens is 1. The van der Waals surface area contributed by atoms with E-state index < -0.39 is 0 Å². The van der Waals surface area contributed by atoms with Crippen molar-refractivity contribution in [1.82, 2.24) is 9.88 Å². The molecule has 0 spiro atoms. The highest BCUT2D eigenvalue weighted by atomic mass is 15.2. The molecular formula is C11H18N4. The number of aryl methyl sites for hydroxylation is 1. The van der Waals surface area contributed by atoms with E-state index in [0.717, 1.165) is 30.2 Å². The standard InChI is InChI=1S/C11H18N4/c1-8-5-9(12)6-13-11(8)14-10-3-4-15(2)7-10/h5-6,10H,3-4,7,12H2,1-2H3,(H,13,14). The molecule has 15 heavy (non-hydrogen) atoms. The van der Waals surface area contributed by atoms with Crippen LogP contribution in [0.1, 0.15) is 12.0 Å². The van der Waals surface area contributed by atoms with Crippen molar-refractivity contribution < 1.29 is 0 Å². The van der Waals surface area contributed by atoms with Gasteiger partial charge in [-0.2, -0.15) is 0 Å². The van der Waals surface area contributed by atoms with Gasteiger partial charge in [0.25, 0.3) is 0 Å². The maximum absolute atomic E-state index is 5.66. The molecule has 1 aliphatic rings. The van der Waals surface area contributed by atoms with E-state index in [4.69, 9.17) is 5.73 Å². The molecule has 1 aromatic heterocycles. The summed E-state index contributed by atoms with van der Waals surface area (Å²) in [5, 5.41) is 3.46. The second-order valence-electron chi connectivity index (χ2n) is 4.33. The van der Waals surface area contributed by atoms with Crippen LogP contribution in [0.4, 0.5) is 11.5 Å². The maximum atomic E-state index is 5.66. The molecule has 3 N–H and O–H groups in total. The molecule has 1 aromatic rings. The molecule has 4 heteroatoms. The van der Waals surface area contributed by atoms with Crippen LogP contribution in [0.15, 0.2) is 12.3 Å². The lowest BCUT2D eigenvalue weighted by atomic mass is 10.2. The summed E-state index contributed by atoms with van der Waals surface area (Å²) in [5.74, 6) is 0.963. The zero-order valence-corrected chi connectivity index (χ0v) is 9.33. The largest absolute Gasteiger partial charge is 0.397 e. The molecule has 2 rings (SSSR count). The van der Waals surface area contributed by atoms with E-state index in [-0.39, 0.29) is 0 Å². The molecule has 0 aromatic carbocycles. The number of anilines is 2. The summed E-state index contributed by atoms with van der Waals surface area (Å²) >= 11 is 0. The third-order valence-corrected chi connectivity index (χ3v) is 2.83. The van der Waals surface area contributed by atoms with E-state index in [1.807, 2.05) is 13.0 Å². The first-order valence-electron chi connectivity index (χ1n) is 5.32. The van der Waals surface area contributed by atoms with Gasteiger partial charge in [-0.1, -0.05) is 0 Å². The molecule has 1 fully saturated rings. The fourth-order valence-corrected chi connectivity index (χ4v) is 1.99. The van der Waals surface area contributed by atoms with Gasteiger partial charge in [-0.3, -0.25) is 0 Å². The van der Waals surface area contributed by atoms with Crippen molar-refractivity contribution in [3.8, 4) is 0 Å². The second kappa shape index (κ2) is 4.06. The molecule has 0 radical (unpaired) electrons. The summed E-state index contributed by atoms with van der Waals surface area (Å²) in [6.07, 6.45) is 2.88. The number of nitrogens with two attached hydrogens (primary N) is 1. The van der Waals surface area contributed by atoms with Crippen molar-refractivity contribution in [2.75, 3.05) is 31.2 Å². The van der Waals surface area contributed by atoms with Gasteiger partial charge in [-0.15, -0.1) is 0 Å². The van der Waals surface area contributed by atoms with Crippen LogP contribution in [0.3, 0.4) is 0 Å². The molecule has 1 aliphatic heterocycles. The Bertz CT molecular complexity index is 350. The second-order valence-corrected chi connectivity index (χ2v) is 4.33. The van der Waals surface area contributed by atoms with E-state index >= 15 is 0 Å². The van der Waals surface area contributed by atoms with Crippen LogP contribution < -0.4 is 11.1 Å². The third kappa shape index (κ3) is 2.39. The molecular weight excluding hydrogens is 188 g/mol. The van der Waals surface area contributed by atoms with Crippen LogP contribution in [0.2, 0.25) is 0 Å². The van der Waals surface area contributed by atoms with E-state index in [1.165, 1.54) is 6.42 Å². The fraction of sp³-hybridized carbons (Fsp3) is 0.545. The average molecular weight is 206 g/mol. The van der Waals surface area contributed by atoms with Gasteiger partial charge in [0.1, 0.15) is 5.82 Å². The number of nitrogen functional groups attached to an aromatic ring is 1. The number of nitrogens with one attached hydrogen (secondary N) is 1. The van der Waals surface area contributed by atoms with Crippen molar-refractivity contribution in [3.05, 3.63) is 17.8 Å². The van der Waals surface area contributed by atoms with E-state index in [9.17, 15) is 0 Å². The SMILES string of the molecule is Cc1cc(N)cnc1NC1CCN(C)C1. The summed E-state index contributed by atoms with van der Waals surface area (Å²) in [6.45, 7) is 4.28. The zero-order chi connectivity index (χ0) is 10.8. The molecule has 0 amide bonds. The number of pyridine rings is 1. The maximum Gasteiger partial charge on any atom is 0.129 e. The highest BCUT2D eigenvalue weighted by Crippen LogP contribution is 2.17. The minimum atomic E-state index is 0.518. The van der Waals surface area contributed by atoms with Crippen LogP contribution in [0, 0.1) is 6.92 Å². The topological polar surface area (TPSA) is 54.2 Å². The highest BCUT2D eigenvalue weighted by molar-refractivity contribution is 5.51. The van der Waals surface area contributed by atoms with E-state index in [2.05, 4.69) is 22.2 Å². The first kappa shape index (κ1) is 10.2. The Morgan fingerprint density at radius 3 is 3.00 bits per heavy atom. The van der Waals surface area contributed by atoms with Gasteiger partial charge in [0.2, 0.25) is 0 Å². The summed E-state index contributed by atoms with van der Waals surface area (Å²) in [7, 11) is 2.14. The van der Waals surface area contributed by atoms with Crippen molar-refractivity contribution in [2.24, 2.45) is 0 Å². The first-order valence-corrected chi connectivity index (χ1v) is 5.32. The van der Waals surface area contributed by atoms with Gasteiger partial charge in [-0.25, -0.2) is 4.98 Å². The number of rotatable bonds is 2. The van der Waals surface area contributed by atoms with Gasteiger partial charge in [0, 0.05) is 12.6 Å². The smallest absolute Gasteiger partial charge is 0.129 e. The Hall–Kier alpha value is -1.29. The van der Waals surface area contributed by atoms with Crippen LogP contribution in [-0.2, 0) is 0 Å². The van der Waals surface area contributed by atoms with E-state index in [0.29, 0.717) is 6.04 Å². The molecule has 0 bridgehead atoms. The minimum Gasteiger partial charge on any atom is -0.397 e. The molecule has 82 valence electrons. The highest BCUT2D eigenvalue weighted by Gasteiger charge is 2.19. The lowest BCUT2D eigenvalue weighted by Gasteiger charge is -2.15. The Labute approximate surface area is 90.5 Å². The Morgan fingerprint density at radius 1 is 1.60 bits per heavy atom. The summed E-state index contributed by atoms with van der Waals surface area (Å²) < 4.78 is 0. The predicted octanol–water partition coefficient (Wildman–Crippen LogP) is 1.09. The number of likely N-dealkylation sites (N-methyl/N-ethyl adjacent to an activating group) is 1. The molecule has 1 unspecified atom stereocenters. The van der Waals surface area contributed by atoms with Gasteiger partial charge in [0.15, 0.2) is 0 Å². The number of nitrogens with zero attached hydrogens (tertiary/aromatic N) is 2. The Morgan fingerprint density at radius 2 is 2.40 bits per heavy atom. The van der Waals surface area contributed by atoms with Crippen molar-refractivity contribution in [1.29, 1.82) is 0 Å². The van der Waals surface area contributed by atoms with Gasteiger partial charge < -0.3 is 16.0 Å². The van der Waals surface area contributed by atoms with Crippen LogP contribution >= 0.6 is 0 Å². The van der Waals surface area contributed by atoms with Crippen LogP contribution in [0.5, 0.6) is 0 Å². The molecule has 1 atom stereocenters. The number of likely N-dealkylation sites (tertiary alicyclic amines) is 1. The Balaban J connectivity index is 2.04. The zero-order valence-electron chi connectivity index (χ0n) is 9.33. The molecule has 0 aliphatic carbocycles. The van der Waals surface area contributed by atoms with Crippen molar-refractivity contribution >= 4 is 11.5 Å². The molecule has 0 saturated carbocycles. The number of hydrogen-bond acceptors (Lipinski definition) is 4.